The van der Waals surface area contributed by atoms with Crippen LogP contribution in [-0.4, -0.2) is 48.7 Å². The third kappa shape index (κ3) is 7.53. The van der Waals surface area contributed by atoms with Gasteiger partial charge in [-0.2, -0.15) is 0 Å². The summed E-state index contributed by atoms with van der Waals surface area (Å²) in [6.07, 6.45) is 1.55. The van der Waals surface area contributed by atoms with Gasteiger partial charge in [0.15, 0.2) is 11.5 Å². The lowest BCUT2D eigenvalue weighted by atomic mass is 10.1. The van der Waals surface area contributed by atoms with Crippen LogP contribution in [0.15, 0.2) is 59.5 Å². The molecule has 1 saturated heterocycles. The summed E-state index contributed by atoms with van der Waals surface area (Å²) in [5, 5.41) is 2.75. The topological polar surface area (TPSA) is 111 Å². The highest BCUT2D eigenvalue weighted by atomic mass is 127. The van der Waals surface area contributed by atoms with Gasteiger partial charge >= 0.3 is 5.97 Å². The molecule has 0 saturated carbocycles. The molecule has 1 aliphatic heterocycles. The smallest absolute Gasteiger partial charge is 0.339 e. The highest BCUT2D eigenvalue weighted by molar-refractivity contribution is 14.1. The van der Waals surface area contributed by atoms with E-state index in [0.717, 1.165) is 25.8 Å². The van der Waals surface area contributed by atoms with Crippen molar-refractivity contribution in [2.45, 2.75) is 6.61 Å². The molecule has 0 unspecified atom stereocenters. The van der Waals surface area contributed by atoms with Gasteiger partial charge in [-0.1, -0.05) is 35.3 Å². The van der Waals surface area contributed by atoms with Crippen molar-refractivity contribution in [1.82, 2.24) is 4.90 Å². The van der Waals surface area contributed by atoms with E-state index in [-0.39, 0.29) is 21.2 Å². The molecule has 0 spiro atoms. The van der Waals surface area contributed by atoms with Gasteiger partial charge in [0.25, 0.3) is 11.1 Å². The molecule has 1 heterocycles. The zero-order valence-electron chi connectivity index (χ0n) is 21.5. The van der Waals surface area contributed by atoms with Crippen LogP contribution in [0.3, 0.4) is 0 Å². The predicted molar refractivity (Wildman–Crippen MR) is 166 cm³/mol. The molecule has 1 fully saturated rings. The minimum absolute atomic E-state index is 0.0625. The first kappa shape index (κ1) is 30.7. The van der Waals surface area contributed by atoms with Crippen LogP contribution in [0.2, 0.25) is 10.0 Å². The van der Waals surface area contributed by atoms with Crippen molar-refractivity contribution < 1.29 is 33.4 Å². The Morgan fingerprint density at radius 2 is 1.78 bits per heavy atom. The summed E-state index contributed by atoms with van der Waals surface area (Å²) in [5.74, 6) is -0.939. The van der Waals surface area contributed by atoms with Gasteiger partial charge in [-0.25, -0.2) is 4.79 Å². The molecule has 0 bridgehead atoms. The van der Waals surface area contributed by atoms with Crippen molar-refractivity contribution in [3.05, 3.63) is 89.8 Å². The number of halogens is 3. The van der Waals surface area contributed by atoms with Crippen LogP contribution in [0.1, 0.15) is 21.5 Å². The molecule has 1 N–H and O–H groups in total. The molecule has 9 nitrogen and oxygen atoms in total. The number of carbonyl (C=O) groups excluding carboxylic acids is 4. The second kappa shape index (κ2) is 13.6. The molecule has 1 aliphatic rings. The van der Waals surface area contributed by atoms with Crippen molar-refractivity contribution in [2.24, 2.45) is 0 Å². The first-order valence-electron chi connectivity index (χ1n) is 11.8. The Morgan fingerprint density at radius 1 is 1.05 bits per heavy atom. The molecular weight excluding hydrogens is 706 g/mol. The van der Waals surface area contributed by atoms with E-state index < -0.39 is 29.6 Å². The lowest BCUT2D eigenvalue weighted by Crippen LogP contribution is -2.36. The maximum absolute atomic E-state index is 13.0. The summed E-state index contributed by atoms with van der Waals surface area (Å²) >= 11 is 14.8. The lowest BCUT2D eigenvalue weighted by Gasteiger charge is -2.14. The van der Waals surface area contributed by atoms with Crippen molar-refractivity contribution in [2.75, 3.05) is 26.1 Å². The van der Waals surface area contributed by atoms with Gasteiger partial charge in [0.1, 0.15) is 13.2 Å². The lowest BCUT2D eigenvalue weighted by molar-refractivity contribution is -0.127. The van der Waals surface area contributed by atoms with Crippen LogP contribution in [-0.2, 0) is 20.9 Å². The van der Waals surface area contributed by atoms with Gasteiger partial charge in [0.05, 0.1) is 33.3 Å². The number of rotatable bonds is 9. The van der Waals surface area contributed by atoms with Crippen LogP contribution in [0.4, 0.5) is 10.5 Å². The van der Waals surface area contributed by atoms with Gasteiger partial charge in [-0.05, 0) is 94.0 Å². The number of hydrogen-bond acceptors (Lipinski definition) is 8. The fourth-order valence-electron chi connectivity index (χ4n) is 3.70. The highest BCUT2D eigenvalue weighted by Crippen LogP contribution is 2.37. The molecule has 0 atom stereocenters. The third-order valence-electron chi connectivity index (χ3n) is 5.68. The quantitative estimate of drug-likeness (QED) is 0.148. The molecule has 4 rings (SSSR count). The molecule has 0 aliphatic carbocycles. The van der Waals surface area contributed by atoms with Crippen molar-refractivity contribution in [3.8, 4) is 11.5 Å². The monoisotopic (exact) mass is 726 g/mol. The number of carbonyl (C=O) groups is 4. The van der Waals surface area contributed by atoms with E-state index in [1.54, 1.807) is 30.3 Å². The molecule has 13 heteroatoms. The van der Waals surface area contributed by atoms with E-state index in [0.29, 0.717) is 28.7 Å². The first-order chi connectivity index (χ1) is 19.6. The Labute approximate surface area is 263 Å². The summed E-state index contributed by atoms with van der Waals surface area (Å²) < 4.78 is 16.9. The number of hydrogen-bond donors (Lipinski definition) is 1. The molecule has 212 valence electrons. The number of esters is 1. The minimum Gasteiger partial charge on any atom is -0.493 e. The molecule has 3 aromatic carbocycles. The number of thioether (sulfide) groups is 1. The van der Waals surface area contributed by atoms with Crippen LogP contribution in [0.25, 0.3) is 6.08 Å². The number of imide groups is 1. The summed E-state index contributed by atoms with van der Waals surface area (Å²) in [5.41, 5.74) is 1.85. The fourth-order valence-corrected chi connectivity index (χ4v) is 5.64. The zero-order chi connectivity index (χ0) is 29.7. The normalized spacial score (nSPS) is 13.9. The first-order valence-corrected chi connectivity index (χ1v) is 14.4. The number of amides is 3. The standard InChI is InChI=1S/C28H21Cl2IN2O7S/c1-38-22-10-16(9-21(31)25(22)40-14-15-3-5-17(29)6-4-15)11-23-26(35)33(28(37)41-23)13-24(34)32-18-7-8-20(30)19(12-18)27(36)39-2/h3-12H,13-14H2,1-2H3,(H,32,34)/b23-11+. The summed E-state index contributed by atoms with van der Waals surface area (Å²) in [7, 11) is 2.71. The van der Waals surface area contributed by atoms with Gasteiger partial charge < -0.3 is 19.5 Å². The Bertz CT molecular complexity index is 1560. The second-order valence-electron chi connectivity index (χ2n) is 8.45. The van der Waals surface area contributed by atoms with E-state index in [9.17, 15) is 19.2 Å². The minimum atomic E-state index is -0.672. The van der Waals surface area contributed by atoms with Crippen molar-refractivity contribution in [3.63, 3.8) is 0 Å². The summed E-state index contributed by atoms with van der Waals surface area (Å²) in [6.45, 7) is -0.222. The van der Waals surface area contributed by atoms with Crippen LogP contribution >= 0.6 is 57.6 Å². The highest BCUT2D eigenvalue weighted by Gasteiger charge is 2.36. The van der Waals surface area contributed by atoms with Crippen LogP contribution in [0, 0.1) is 3.57 Å². The van der Waals surface area contributed by atoms with Crippen LogP contribution < -0.4 is 14.8 Å². The number of ether oxygens (including phenoxy) is 3. The zero-order valence-corrected chi connectivity index (χ0v) is 26.0. The number of benzene rings is 3. The maximum atomic E-state index is 13.0. The maximum Gasteiger partial charge on any atom is 0.339 e. The second-order valence-corrected chi connectivity index (χ2v) is 11.5. The largest absolute Gasteiger partial charge is 0.493 e. The van der Waals surface area contributed by atoms with Crippen LogP contribution in [0.5, 0.6) is 11.5 Å². The fraction of sp³-hybridized carbons (Fsp3) is 0.143. The van der Waals surface area contributed by atoms with E-state index >= 15 is 0 Å². The van der Waals surface area contributed by atoms with E-state index in [2.05, 4.69) is 32.6 Å². The SMILES string of the molecule is COC(=O)c1cc(NC(=O)CN2C(=O)S/C(=C/c3cc(I)c(OCc4ccc(Cl)cc4)c(OC)c3)C2=O)ccc1Cl. The number of anilines is 1. The van der Waals surface area contributed by atoms with Gasteiger partial charge in [-0.15, -0.1) is 0 Å². The number of methoxy groups -OCH3 is 2. The van der Waals surface area contributed by atoms with E-state index in [1.807, 2.05) is 12.1 Å². The molecular formula is C28H21Cl2IN2O7S. The number of nitrogens with zero attached hydrogens (tertiary/aromatic N) is 1. The predicted octanol–water partition coefficient (Wildman–Crippen LogP) is 6.65. The molecule has 3 amide bonds. The molecule has 0 aromatic heterocycles. The van der Waals surface area contributed by atoms with Crippen molar-refractivity contribution >= 4 is 92.3 Å². The Hall–Kier alpha value is -3.26. The van der Waals surface area contributed by atoms with Gasteiger partial charge in [0, 0.05) is 10.7 Å². The van der Waals surface area contributed by atoms with Gasteiger partial charge in [0.2, 0.25) is 5.91 Å². The Kier molecular flexibility index (Phi) is 10.2. The molecule has 0 radical (unpaired) electrons. The Balaban J connectivity index is 1.45. The summed E-state index contributed by atoms with van der Waals surface area (Å²) in [6, 6.07) is 15.0. The van der Waals surface area contributed by atoms with E-state index in [4.69, 9.17) is 32.7 Å². The number of nitrogens with one attached hydrogen (secondary N) is 1. The van der Waals surface area contributed by atoms with E-state index in [1.165, 1.54) is 32.4 Å². The third-order valence-corrected chi connectivity index (χ3v) is 7.97. The average molecular weight is 727 g/mol. The Morgan fingerprint density at radius 3 is 2.46 bits per heavy atom. The average Bonchev–Trinajstić information content (AvgIpc) is 3.20. The van der Waals surface area contributed by atoms with Crippen molar-refractivity contribution in [1.29, 1.82) is 0 Å². The summed E-state index contributed by atoms with van der Waals surface area (Å²) in [4.78, 5) is 51.1. The van der Waals surface area contributed by atoms with Gasteiger partial charge in [-0.3, -0.25) is 19.3 Å². The molecule has 41 heavy (non-hydrogen) atoms. The molecule has 3 aromatic rings.